The van der Waals surface area contributed by atoms with Crippen LogP contribution < -0.4 is 11.1 Å². The van der Waals surface area contributed by atoms with Crippen LogP contribution in [0.25, 0.3) is 0 Å². The van der Waals surface area contributed by atoms with Crippen molar-refractivity contribution in [1.82, 2.24) is 9.97 Å². The number of hydrogen-bond acceptors (Lipinski definition) is 4. The average molecular weight is 277 g/mol. The third-order valence-electron chi connectivity index (χ3n) is 2.98. The first-order valence-corrected chi connectivity index (χ1v) is 6.45. The van der Waals surface area contributed by atoms with Crippen molar-refractivity contribution in [2.75, 3.05) is 17.6 Å². The van der Waals surface area contributed by atoms with E-state index in [4.69, 9.17) is 17.3 Å². The van der Waals surface area contributed by atoms with Gasteiger partial charge in [-0.2, -0.15) is 4.98 Å². The highest BCUT2D eigenvalue weighted by molar-refractivity contribution is 6.29. The number of aromatic nitrogens is 2. The summed E-state index contributed by atoms with van der Waals surface area (Å²) in [5, 5.41) is 3.59. The summed E-state index contributed by atoms with van der Waals surface area (Å²) in [6.07, 6.45) is 0. The molecule has 1 heterocycles. The van der Waals surface area contributed by atoms with E-state index < -0.39 is 0 Å². The number of nitrogens with two attached hydrogens (primary N) is 1. The summed E-state index contributed by atoms with van der Waals surface area (Å²) in [7, 11) is 0. The van der Waals surface area contributed by atoms with Gasteiger partial charge in [0.25, 0.3) is 0 Å². The first-order valence-electron chi connectivity index (χ1n) is 6.07. The third kappa shape index (κ3) is 3.58. The van der Waals surface area contributed by atoms with Crippen LogP contribution in [0.5, 0.6) is 0 Å². The summed E-state index contributed by atoms with van der Waals surface area (Å²) in [5.41, 5.74) is 6.80. The summed E-state index contributed by atoms with van der Waals surface area (Å²) in [4.78, 5) is 7.93. The van der Waals surface area contributed by atoms with Gasteiger partial charge in [0.05, 0.1) is 0 Å². The summed E-state index contributed by atoms with van der Waals surface area (Å²) in [6, 6.07) is 12.0. The monoisotopic (exact) mass is 276 g/mol. The molecule has 0 unspecified atom stereocenters. The maximum absolute atomic E-state index is 5.85. The van der Waals surface area contributed by atoms with Gasteiger partial charge in [-0.3, -0.25) is 0 Å². The van der Waals surface area contributed by atoms with Crippen LogP contribution in [0.4, 0.5) is 11.8 Å². The van der Waals surface area contributed by atoms with E-state index in [1.165, 1.54) is 5.56 Å². The molecule has 0 aliphatic carbocycles. The van der Waals surface area contributed by atoms with Gasteiger partial charge in [0.15, 0.2) is 0 Å². The van der Waals surface area contributed by atoms with Gasteiger partial charge in [-0.1, -0.05) is 55.8 Å². The Morgan fingerprint density at radius 3 is 2.53 bits per heavy atom. The van der Waals surface area contributed by atoms with Gasteiger partial charge in [-0.15, -0.1) is 0 Å². The fourth-order valence-corrected chi connectivity index (χ4v) is 2.02. The van der Waals surface area contributed by atoms with Gasteiger partial charge in [0.1, 0.15) is 11.0 Å². The van der Waals surface area contributed by atoms with Gasteiger partial charge in [-0.05, 0) is 5.56 Å². The van der Waals surface area contributed by atoms with Crippen LogP contribution >= 0.6 is 11.6 Å². The van der Waals surface area contributed by atoms with Crippen molar-refractivity contribution in [2.45, 2.75) is 19.3 Å². The molecule has 0 fully saturated rings. The second kappa shape index (κ2) is 5.45. The number of nitrogen functional groups attached to an aromatic ring is 1. The van der Waals surface area contributed by atoms with E-state index in [1.54, 1.807) is 6.07 Å². The Morgan fingerprint density at radius 2 is 1.89 bits per heavy atom. The SMILES string of the molecule is CC(C)(CNc1cc(Cl)nc(N)n1)c1ccccc1. The van der Waals surface area contributed by atoms with E-state index in [9.17, 15) is 0 Å². The lowest BCUT2D eigenvalue weighted by Crippen LogP contribution is -2.28. The number of rotatable bonds is 4. The van der Waals surface area contributed by atoms with Crippen molar-refractivity contribution < 1.29 is 0 Å². The molecule has 0 bridgehead atoms. The summed E-state index contributed by atoms with van der Waals surface area (Å²) in [5.74, 6) is 0.814. The normalized spacial score (nSPS) is 11.3. The zero-order valence-corrected chi connectivity index (χ0v) is 11.8. The van der Waals surface area contributed by atoms with Crippen molar-refractivity contribution in [2.24, 2.45) is 0 Å². The molecule has 0 amide bonds. The lowest BCUT2D eigenvalue weighted by atomic mass is 9.85. The smallest absolute Gasteiger partial charge is 0.223 e. The Kier molecular flexibility index (Phi) is 3.90. The van der Waals surface area contributed by atoms with Crippen LogP contribution in [0.1, 0.15) is 19.4 Å². The Balaban J connectivity index is 2.09. The molecule has 0 atom stereocenters. The molecule has 1 aromatic carbocycles. The number of anilines is 2. The van der Waals surface area contributed by atoms with Gasteiger partial charge in [0, 0.05) is 18.0 Å². The van der Waals surface area contributed by atoms with Gasteiger partial charge in [0.2, 0.25) is 5.95 Å². The van der Waals surface area contributed by atoms with Crippen molar-refractivity contribution in [3.8, 4) is 0 Å². The van der Waals surface area contributed by atoms with E-state index in [1.807, 2.05) is 18.2 Å². The molecular weight excluding hydrogens is 260 g/mol. The van der Waals surface area contributed by atoms with Crippen LogP contribution in [0.3, 0.4) is 0 Å². The largest absolute Gasteiger partial charge is 0.369 e. The third-order valence-corrected chi connectivity index (χ3v) is 3.17. The molecule has 3 N–H and O–H groups in total. The van der Waals surface area contributed by atoms with E-state index >= 15 is 0 Å². The molecule has 0 aliphatic heterocycles. The molecule has 19 heavy (non-hydrogen) atoms. The minimum absolute atomic E-state index is 0.0204. The van der Waals surface area contributed by atoms with Crippen molar-refractivity contribution in [3.05, 3.63) is 47.1 Å². The minimum atomic E-state index is -0.0204. The fourth-order valence-electron chi connectivity index (χ4n) is 1.83. The topological polar surface area (TPSA) is 63.8 Å². The van der Waals surface area contributed by atoms with Gasteiger partial charge in [-0.25, -0.2) is 4.98 Å². The zero-order chi connectivity index (χ0) is 13.9. The van der Waals surface area contributed by atoms with E-state index in [0.717, 1.165) is 6.54 Å². The number of hydrogen-bond donors (Lipinski definition) is 2. The minimum Gasteiger partial charge on any atom is -0.369 e. The van der Waals surface area contributed by atoms with Gasteiger partial charge >= 0.3 is 0 Å². The van der Waals surface area contributed by atoms with Crippen LogP contribution in [-0.4, -0.2) is 16.5 Å². The number of nitrogens with one attached hydrogen (secondary N) is 1. The Labute approximate surface area is 118 Å². The molecule has 0 saturated heterocycles. The predicted octanol–water partition coefficient (Wildman–Crippen LogP) is 3.10. The molecule has 2 rings (SSSR count). The first-order chi connectivity index (χ1) is 8.97. The summed E-state index contributed by atoms with van der Waals surface area (Å²) in [6.45, 7) is 5.06. The number of halogens is 1. The standard InChI is InChI=1S/C14H17ClN4/c1-14(2,10-6-4-3-5-7-10)9-17-12-8-11(15)18-13(16)19-12/h3-8H,9H2,1-2H3,(H3,16,17,18,19). The van der Waals surface area contributed by atoms with Gasteiger partial charge < -0.3 is 11.1 Å². The molecule has 0 spiro atoms. The second-order valence-corrected chi connectivity index (χ2v) is 5.42. The Morgan fingerprint density at radius 1 is 1.21 bits per heavy atom. The summed E-state index contributed by atoms with van der Waals surface area (Å²) >= 11 is 5.85. The van der Waals surface area contributed by atoms with Crippen molar-refractivity contribution in [1.29, 1.82) is 0 Å². The maximum atomic E-state index is 5.85. The lowest BCUT2D eigenvalue weighted by Gasteiger charge is -2.26. The van der Waals surface area contributed by atoms with Crippen LogP contribution in [0, 0.1) is 0 Å². The van der Waals surface area contributed by atoms with E-state index in [-0.39, 0.29) is 11.4 Å². The van der Waals surface area contributed by atoms with E-state index in [2.05, 4.69) is 41.3 Å². The molecule has 5 heteroatoms. The second-order valence-electron chi connectivity index (χ2n) is 5.04. The molecular formula is C14H17ClN4. The fraction of sp³-hybridized carbons (Fsp3) is 0.286. The van der Waals surface area contributed by atoms with E-state index in [0.29, 0.717) is 11.0 Å². The zero-order valence-electron chi connectivity index (χ0n) is 11.0. The predicted molar refractivity (Wildman–Crippen MR) is 79.4 cm³/mol. The molecule has 1 aromatic heterocycles. The Hall–Kier alpha value is -1.81. The quantitative estimate of drug-likeness (QED) is 0.842. The highest BCUT2D eigenvalue weighted by Gasteiger charge is 2.20. The van der Waals surface area contributed by atoms with Crippen molar-refractivity contribution in [3.63, 3.8) is 0 Å². The maximum Gasteiger partial charge on any atom is 0.223 e. The molecule has 0 aliphatic rings. The number of benzene rings is 1. The molecule has 0 radical (unpaired) electrons. The summed E-state index contributed by atoms with van der Waals surface area (Å²) < 4.78 is 0. The molecule has 2 aromatic rings. The highest BCUT2D eigenvalue weighted by atomic mass is 35.5. The van der Waals surface area contributed by atoms with Crippen molar-refractivity contribution >= 4 is 23.4 Å². The van der Waals surface area contributed by atoms with Crippen LogP contribution in [0.2, 0.25) is 5.15 Å². The number of nitrogens with zero attached hydrogens (tertiary/aromatic N) is 2. The first kappa shape index (κ1) is 13.6. The average Bonchev–Trinajstić information content (AvgIpc) is 2.37. The lowest BCUT2D eigenvalue weighted by molar-refractivity contribution is 0.556. The van der Waals surface area contributed by atoms with Crippen LogP contribution in [-0.2, 0) is 5.41 Å². The molecule has 0 saturated carbocycles. The molecule has 100 valence electrons. The molecule has 4 nitrogen and oxygen atoms in total. The highest BCUT2D eigenvalue weighted by Crippen LogP contribution is 2.23. The Bertz CT molecular complexity index is 534. The van der Waals surface area contributed by atoms with Crippen LogP contribution in [0.15, 0.2) is 36.4 Å².